The Morgan fingerprint density at radius 2 is 1.63 bits per heavy atom. The van der Waals surface area contributed by atoms with Crippen LogP contribution in [0.3, 0.4) is 0 Å². The molecule has 2 aliphatic rings. The number of carboxylic acids is 1. The molecule has 62 heavy (non-hydrogen) atoms. The van der Waals surface area contributed by atoms with Crippen LogP contribution in [0, 0.1) is 11.3 Å². The molecule has 0 radical (unpaired) electrons. The fourth-order valence-electron chi connectivity index (χ4n) is 5.94. The van der Waals surface area contributed by atoms with Gasteiger partial charge in [-0.2, -0.15) is 5.06 Å². The number of aliphatic carboxylic acids is 1. The third-order valence-corrected chi connectivity index (χ3v) is 10.6. The molecule has 2 heterocycles. The second kappa shape index (κ2) is 49.4. The van der Waals surface area contributed by atoms with E-state index in [1.54, 1.807) is 38.8 Å². The zero-order valence-electron chi connectivity index (χ0n) is 42.0. The molecule has 5 unspecified atom stereocenters. The third kappa shape index (κ3) is 39.0. The number of nitrogens with zero attached hydrogens (tertiary/aromatic N) is 2. The lowest BCUT2D eigenvalue weighted by atomic mass is 9.84. The van der Waals surface area contributed by atoms with Crippen LogP contribution in [0.4, 0.5) is 0 Å². The molecule has 366 valence electrons. The van der Waals surface area contributed by atoms with Crippen molar-refractivity contribution in [2.45, 2.75) is 183 Å². The first-order valence-electron chi connectivity index (χ1n) is 23.1. The molecule has 2 rings (SSSR count). The van der Waals surface area contributed by atoms with Crippen LogP contribution >= 0.6 is 11.8 Å². The molecular weight excluding hydrogens is 801 g/mol. The Labute approximate surface area is 386 Å². The smallest absolute Gasteiger partial charge is 0.309 e. The lowest BCUT2D eigenvalue weighted by Gasteiger charge is -2.32. The summed E-state index contributed by atoms with van der Waals surface area (Å²) in [5.41, 5.74) is 10.5. The molecule has 5 atom stereocenters. The first-order chi connectivity index (χ1) is 29.7. The zero-order valence-corrected chi connectivity index (χ0v) is 42.8. The monoisotopic (exact) mass is 899 g/mol. The predicted molar refractivity (Wildman–Crippen MR) is 271 cm³/mol. The highest BCUT2D eigenvalue weighted by atomic mass is 32.2. The molecule has 1 saturated heterocycles. The summed E-state index contributed by atoms with van der Waals surface area (Å²) in [6, 6.07) is -0.0156. The SMILES string of the molecule is C1CCNCC1.C=C(NC(C/C=C/CC(N)/C=C\C)CC(C)(C)C(=O)O)C1CSC(C(CC(C(C)C)N(C)OCCCCC)OC)=N1.C=CC.C=O.CC.CCCCC=O.CN. The van der Waals surface area contributed by atoms with E-state index in [-0.39, 0.29) is 30.3 Å². The second-order valence-corrected chi connectivity index (χ2v) is 16.6. The summed E-state index contributed by atoms with van der Waals surface area (Å²) in [7, 11) is 5.26. The summed E-state index contributed by atoms with van der Waals surface area (Å²) in [6.45, 7) is 33.0. The van der Waals surface area contributed by atoms with Gasteiger partial charge >= 0.3 is 5.97 Å². The summed E-state index contributed by atoms with van der Waals surface area (Å²) in [4.78, 5) is 40.5. The van der Waals surface area contributed by atoms with Gasteiger partial charge in [0.1, 0.15) is 19.2 Å². The van der Waals surface area contributed by atoms with E-state index in [0.717, 1.165) is 67.9 Å². The van der Waals surface area contributed by atoms with E-state index in [2.05, 4.69) is 69.4 Å². The maximum Gasteiger partial charge on any atom is 0.309 e. The van der Waals surface area contributed by atoms with E-state index in [9.17, 15) is 14.7 Å². The number of nitrogens with one attached hydrogen (secondary N) is 2. The first kappa shape index (κ1) is 68.4. The molecule has 2 aliphatic heterocycles. The molecule has 0 spiro atoms. The standard InChI is InChI=1S/C32H58N4O4S.C5H11N.C5H10O.C3H6.C2H6.CH5N.CH2O/c1-10-12-15-19-40-36(8)28(23(3)4)20-29(39-9)30-35-27(22-41-30)24(5)34-26(21-32(6,7)31(37)38)18-14-13-17-25(33)16-11-2;1-2-4-6-5-3-1;1-2-3-4-5-6;1-3-2;3*1-2/h11,13-14,16,23,25-29,34H,5,10,12,15,17-22,33H2,1-4,6-9H3,(H,37,38);6H,1-5H2;5H,2-4H2,1H3;3H,1H2,2H3;1-2H3;2H2,1H3;1H2/b14-13+,16-11-;;;;;;. The summed E-state index contributed by atoms with van der Waals surface area (Å²) >= 11 is 1.71. The Kier molecular flexibility index (Phi) is 54.5. The number of nitrogens with two attached hydrogens (primary N) is 2. The average molecular weight is 899 g/mol. The highest BCUT2D eigenvalue weighted by Crippen LogP contribution is 2.30. The van der Waals surface area contributed by atoms with Gasteiger partial charge < -0.3 is 41.5 Å². The van der Waals surface area contributed by atoms with Crippen molar-refractivity contribution >= 4 is 35.9 Å². The number of hydrogen-bond donors (Lipinski definition) is 5. The predicted octanol–water partition coefficient (Wildman–Crippen LogP) is 9.94. The number of aliphatic imine (C=N–C) groups is 1. The minimum Gasteiger partial charge on any atom is -0.481 e. The van der Waals surface area contributed by atoms with E-state index in [0.29, 0.717) is 18.8 Å². The topological polar surface area (TPSA) is 182 Å². The number of aldehydes is 1. The molecule has 0 aromatic rings. The van der Waals surface area contributed by atoms with Crippen LogP contribution in [-0.4, -0.2) is 111 Å². The largest absolute Gasteiger partial charge is 0.481 e. The Morgan fingerprint density at radius 3 is 2.05 bits per heavy atom. The van der Waals surface area contributed by atoms with Crippen LogP contribution in [-0.2, 0) is 24.0 Å². The highest BCUT2D eigenvalue weighted by molar-refractivity contribution is 8.14. The molecule has 0 saturated carbocycles. The number of piperidine rings is 1. The first-order valence-corrected chi connectivity index (χ1v) is 24.1. The van der Waals surface area contributed by atoms with E-state index < -0.39 is 11.4 Å². The molecule has 12 nitrogen and oxygen atoms in total. The number of hydroxylamine groups is 2. The number of allylic oxidation sites excluding steroid dienone is 2. The molecule has 1 fully saturated rings. The zero-order chi connectivity index (χ0) is 48.8. The van der Waals surface area contributed by atoms with Crippen molar-refractivity contribution in [3.05, 3.63) is 49.2 Å². The molecular formula is C49H98N6O6S. The van der Waals surface area contributed by atoms with Gasteiger partial charge in [-0.05, 0) is 105 Å². The summed E-state index contributed by atoms with van der Waals surface area (Å²) in [6.07, 6.45) is 23.8. The van der Waals surface area contributed by atoms with Gasteiger partial charge in [0.05, 0.1) is 23.1 Å². The van der Waals surface area contributed by atoms with Gasteiger partial charge in [-0.1, -0.05) is 104 Å². The average Bonchev–Trinajstić information content (AvgIpc) is 3.77. The Morgan fingerprint density at radius 1 is 1.06 bits per heavy atom. The molecule has 0 aromatic heterocycles. The Bertz CT molecular complexity index is 1120. The maximum atomic E-state index is 11.9. The Balaban J connectivity index is -0.000000424. The molecule has 0 aromatic carbocycles. The number of ether oxygens (including phenoxy) is 1. The third-order valence-electron chi connectivity index (χ3n) is 9.41. The fourth-order valence-corrected chi connectivity index (χ4v) is 7.13. The number of rotatable bonds is 25. The van der Waals surface area contributed by atoms with E-state index in [1.165, 1.54) is 52.2 Å². The van der Waals surface area contributed by atoms with Gasteiger partial charge in [-0.25, -0.2) is 0 Å². The van der Waals surface area contributed by atoms with Crippen LogP contribution in [0.25, 0.3) is 0 Å². The van der Waals surface area contributed by atoms with Gasteiger partial charge in [0.25, 0.3) is 0 Å². The number of carbonyl (C=O) groups is 3. The highest BCUT2D eigenvalue weighted by Gasteiger charge is 2.34. The van der Waals surface area contributed by atoms with E-state index >= 15 is 0 Å². The second-order valence-electron chi connectivity index (χ2n) is 15.6. The fraction of sp³-hybridized carbons (Fsp3) is 0.755. The minimum atomic E-state index is -0.871. The van der Waals surface area contributed by atoms with E-state index in [1.807, 2.05) is 58.7 Å². The number of unbranched alkanes of at least 4 members (excludes halogenated alkanes) is 4. The number of thioether (sulfide) groups is 1. The Hall–Kier alpha value is -2.65. The summed E-state index contributed by atoms with van der Waals surface area (Å²) < 4.78 is 5.94. The molecule has 13 heteroatoms. The normalized spacial score (nSPS) is 16.3. The lowest BCUT2D eigenvalue weighted by Crippen LogP contribution is -2.40. The van der Waals surface area contributed by atoms with Crippen LogP contribution in [0.5, 0.6) is 0 Å². The lowest BCUT2D eigenvalue weighted by molar-refractivity contribution is -0.182. The van der Waals surface area contributed by atoms with Crippen LogP contribution in [0.1, 0.15) is 153 Å². The van der Waals surface area contributed by atoms with Crippen LogP contribution in [0.15, 0.2) is 54.2 Å². The maximum absolute atomic E-state index is 11.9. The van der Waals surface area contributed by atoms with Crippen LogP contribution in [0.2, 0.25) is 0 Å². The minimum absolute atomic E-state index is 0.0206. The van der Waals surface area contributed by atoms with Gasteiger partial charge in [0, 0.05) is 50.2 Å². The van der Waals surface area contributed by atoms with Gasteiger partial charge in [-0.3, -0.25) is 14.6 Å². The van der Waals surface area contributed by atoms with Crippen molar-refractivity contribution in [3.8, 4) is 0 Å². The number of carbonyl (C=O) groups excluding carboxylic acids is 2. The van der Waals surface area contributed by atoms with Crippen molar-refractivity contribution < 1.29 is 29.1 Å². The van der Waals surface area contributed by atoms with Crippen molar-refractivity contribution in [3.63, 3.8) is 0 Å². The number of hydrogen-bond acceptors (Lipinski definition) is 12. The molecule has 0 aliphatic carbocycles. The van der Waals surface area contributed by atoms with Crippen molar-refractivity contribution in [2.24, 2.45) is 27.8 Å². The molecule has 0 amide bonds. The van der Waals surface area contributed by atoms with Crippen molar-refractivity contribution in [1.29, 1.82) is 0 Å². The summed E-state index contributed by atoms with van der Waals surface area (Å²) in [5.74, 6) is 0.356. The van der Waals surface area contributed by atoms with Crippen molar-refractivity contribution in [1.82, 2.24) is 15.7 Å². The number of methoxy groups -OCH3 is 1. The van der Waals surface area contributed by atoms with Crippen molar-refractivity contribution in [2.75, 3.05) is 46.7 Å². The summed E-state index contributed by atoms with van der Waals surface area (Å²) in [5, 5.41) is 19.5. The van der Waals surface area contributed by atoms with Gasteiger partial charge in [-0.15, -0.1) is 18.3 Å². The molecule has 0 bridgehead atoms. The number of carboxylic acid groups (broad SMARTS) is 1. The van der Waals surface area contributed by atoms with Gasteiger partial charge in [0.15, 0.2) is 0 Å². The van der Waals surface area contributed by atoms with E-state index in [4.69, 9.17) is 25.1 Å². The van der Waals surface area contributed by atoms with Crippen LogP contribution < -0.4 is 22.1 Å². The quantitative estimate of drug-likeness (QED) is 0.0254. The molecule has 7 N–H and O–H groups in total. The van der Waals surface area contributed by atoms with Gasteiger partial charge in [0.2, 0.25) is 0 Å².